The van der Waals surface area contributed by atoms with Crippen molar-refractivity contribution in [1.82, 2.24) is 4.98 Å². The van der Waals surface area contributed by atoms with E-state index >= 15 is 0 Å². The van der Waals surface area contributed by atoms with Crippen molar-refractivity contribution in [3.8, 4) is 5.75 Å². The molecular formula is C10H11F3N2O4. The highest BCUT2D eigenvalue weighted by Crippen LogP contribution is 2.21. The number of hydrogen-bond acceptors (Lipinski definition) is 5. The number of carbonyl (C=O) groups is 1. The minimum atomic E-state index is -4.98. The molecule has 3 N–H and O–H groups in total. The molecule has 0 unspecified atom stereocenters. The van der Waals surface area contributed by atoms with E-state index in [0.29, 0.717) is 0 Å². The second-order valence-electron chi connectivity index (χ2n) is 3.47. The van der Waals surface area contributed by atoms with Gasteiger partial charge in [0.15, 0.2) is 5.75 Å². The molecule has 0 bridgehead atoms. The molecule has 0 atom stereocenters. The first-order valence-electron chi connectivity index (χ1n) is 5.04. The average molecular weight is 280 g/mol. The van der Waals surface area contributed by atoms with Gasteiger partial charge in [-0.15, -0.1) is 13.2 Å². The lowest BCUT2D eigenvalue weighted by Crippen LogP contribution is -2.25. The number of H-pyrrole nitrogens is 1. The number of halogens is 3. The number of ether oxygens (including phenoxy) is 2. The highest BCUT2D eigenvalue weighted by atomic mass is 19.4. The molecule has 1 rings (SSSR count). The summed E-state index contributed by atoms with van der Waals surface area (Å²) < 4.78 is 44.1. The van der Waals surface area contributed by atoms with Gasteiger partial charge < -0.3 is 20.2 Å². The monoisotopic (exact) mass is 280 g/mol. The van der Waals surface area contributed by atoms with Crippen molar-refractivity contribution in [3.05, 3.63) is 27.7 Å². The highest BCUT2D eigenvalue weighted by Gasteiger charge is 2.32. The quantitative estimate of drug-likeness (QED) is 0.781. The Morgan fingerprint density at radius 3 is 2.58 bits per heavy atom. The predicted octanol–water partition coefficient (Wildman–Crippen LogP) is 0.448. The van der Waals surface area contributed by atoms with Gasteiger partial charge in [-0.3, -0.25) is 9.59 Å². The van der Waals surface area contributed by atoms with E-state index < -0.39 is 23.6 Å². The summed E-state index contributed by atoms with van der Waals surface area (Å²) in [7, 11) is 1.14. The number of aromatic nitrogens is 1. The van der Waals surface area contributed by atoms with E-state index in [1.54, 1.807) is 0 Å². The van der Waals surface area contributed by atoms with Crippen molar-refractivity contribution in [2.45, 2.75) is 19.3 Å². The van der Waals surface area contributed by atoms with Crippen molar-refractivity contribution < 1.29 is 27.4 Å². The molecule has 0 amide bonds. The summed E-state index contributed by atoms with van der Waals surface area (Å²) in [6.07, 6.45) is -5.28. The number of esters is 1. The summed E-state index contributed by atoms with van der Waals surface area (Å²) in [5.41, 5.74) is 4.48. The van der Waals surface area contributed by atoms with Crippen LogP contribution in [0.3, 0.4) is 0 Å². The number of pyridine rings is 1. The lowest BCUT2D eigenvalue weighted by molar-refractivity contribution is -0.275. The molecule has 19 heavy (non-hydrogen) atoms. The summed E-state index contributed by atoms with van der Waals surface area (Å²) in [6, 6.07) is 0.852. The second-order valence-corrected chi connectivity index (χ2v) is 3.47. The highest BCUT2D eigenvalue weighted by molar-refractivity contribution is 5.72. The molecule has 0 aromatic carbocycles. The lowest BCUT2D eigenvalue weighted by atomic mass is 10.1. The Morgan fingerprint density at radius 1 is 1.47 bits per heavy atom. The van der Waals surface area contributed by atoms with Crippen LogP contribution in [0.1, 0.15) is 11.3 Å². The molecule has 0 saturated heterocycles. The van der Waals surface area contributed by atoms with Crippen molar-refractivity contribution >= 4 is 5.97 Å². The van der Waals surface area contributed by atoms with Crippen molar-refractivity contribution in [3.63, 3.8) is 0 Å². The summed E-state index contributed by atoms with van der Waals surface area (Å²) >= 11 is 0. The Balaban J connectivity index is 3.14. The van der Waals surface area contributed by atoms with Crippen molar-refractivity contribution in [2.75, 3.05) is 7.11 Å². The number of carbonyl (C=O) groups excluding carboxylic acids is 1. The fraction of sp³-hybridized carbons (Fsp3) is 0.400. The number of nitrogens with two attached hydrogens (primary N) is 1. The minimum Gasteiger partial charge on any atom is -0.469 e. The molecule has 0 aliphatic heterocycles. The maximum Gasteiger partial charge on any atom is 0.573 e. The Labute approximate surface area is 105 Å². The van der Waals surface area contributed by atoms with Crippen LogP contribution in [0.2, 0.25) is 0 Å². The normalized spacial score (nSPS) is 11.2. The number of hydrogen-bond donors (Lipinski definition) is 2. The maximum absolute atomic E-state index is 12.0. The van der Waals surface area contributed by atoms with Gasteiger partial charge in [0.1, 0.15) is 0 Å². The molecule has 106 valence electrons. The zero-order valence-electron chi connectivity index (χ0n) is 9.84. The minimum absolute atomic E-state index is 0.0916. The van der Waals surface area contributed by atoms with Crippen LogP contribution in [0.4, 0.5) is 13.2 Å². The fourth-order valence-corrected chi connectivity index (χ4v) is 1.35. The number of aromatic amines is 1. The van der Waals surface area contributed by atoms with Crippen LogP contribution < -0.4 is 16.0 Å². The molecule has 0 radical (unpaired) electrons. The van der Waals surface area contributed by atoms with Gasteiger partial charge in [0, 0.05) is 12.2 Å². The van der Waals surface area contributed by atoms with Crippen LogP contribution in [0.25, 0.3) is 0 Å². The molecule has 9 heteroatoms. The van der Waals surface area contributed by atoms with Crippen LogP contribution in [0, 0.1) is 0 Å². The molecular weight excluding hydrogens is 269 g/mol. The van der Waals surface area contributed by atoms with Gasteiger partial charge in [-0.25, -0.2) is 0 Å². The van der Waals surface area contributed by atoms with Gasteiger partial charge in [0.25, 0.3) is 5.56 Å². The van der Waals surface area contributed by atoms with Crippen molar-refractivity contribution in [2.24, 2.45) is 5.73 Å². The Bertz CT molecular complexity index is 524. The number of alkyl halides is 3. The third-order valence-electron chi connectivity index (χ3n) is 2.18. The number of methoxy groups -OCH3 is 1. The molecule has 1 aromatic rings. The molecule has 0 fully saturated rings. The SMILES string of the molecule is COC(=O)Cc1[nH]c(=O)c(OC(F)(F)F)cc1CN. The van der Waals surface area contributed by atoms with E-state index in [-0.39, 0.29) is 24.2 Å². The molecule has 6 nitrogen and oxygen atoms in total. The first kappa shape index (κ1) is 15.0. The average Bonchev–Trinajstić information content (AvgIpc) is 2.30. The van der Waals surface area contributed by atoms with Crippen LogP contribution in [0.15, 0.2) is 10.9 Å². The number of rotatable bonds is 4. The van der Waals surface area contributed by atoms with Gasteiger partial charge in [-0.05, 0) is 11.6 Å². The van der Waals surface area contributed by atoms with E-state index in [1.807, 2.05) is 0 Å². The number of nitrogens with one attached hydrogen (secondary N) is 1. The molecule has 0 spiro atoms. The van der Waals surface area contributed by atoms with E-state index in [2.05, 4.69) is 14.5 Å². The van der Waals surface area contributed by atoms with E-state index in [4.69, 9.17) is 5.73 Å². The summed E-state index contributed by atoms with van der Waals surface area (Å²) in [5.74, 6) is -1.59. The van der Waals surface area contributed by atoms with Crippen LogP contribution in [-0.4, -0.2) is 24.4 Å². The summed E-state index contributed by atoms with van der Waals surface area (Å²) in [6.45, 7) is -0.169. The lowest BCUT2D eigenvalue weighted by Gasteiger charge is -2.11. The van der Waals surface area contributed by atoms with E-state index in [1.165, 1.54) is 0 Å². The first-order valence-corrected chi connectivity index (χ1v) is 5.04. The zero-order valence-corrected chi connectivity index (χ0v) is 9.84. The topological polar surface area (TPSA) is 94.4 Å². The Kier molecular flexibility index (Phi) is 4.54. The van der Waals surface area contributed by atoms with Gasteiger partial charge in [-0.1, -0.05) is 0 Å². The summed E-state index contributed by atoms with van der Waals surface area (Å²) in [4.78, 5) is 24.6. The van der Waals surface area contributed by atoms with Crippen LogP contribution >= 0.6 is 0 Å². The molecule has 0 aliphatic carbocycles. The fourth-order valence-electron chi connectivity index (χ4n) is 1.35. The first-order chi connectivity index (χ1) is 8.76. The maximum atomic E-state index is 12.0. The van der Waals surface area contributed by atoms with Crippen molar-refractivity contribution in [1.29, 1.82) is 0 Å². The third-order valence-corrected chi connectivity index (χ3v) is 2.18. The van der Waals surface area contributed by atoms with Gasteiger partial charge in [-0.2, -0.15) is 0 Å². The second kappa shape index (κ2) is 5.74. The standard InChI is InChI=1S/C10H11F3N2O4/c1-18-8(16)3-6-5(4-14)2-7(9(17)15-6)19-10(11,12)13/h2H,3-4,14H2,1H3,(H,15,17). The third kappa shape index (κ3) is 4.28. The van der Waals surface area contributed by atoms with Gasteiger partial charge in [0.2, 0.25) is 0 Å². The largest absolute Gasteiger partial charge is 0.573 e. The van der Waals surface area contributed by atoms with E-state index in [0.717, 1.165) is 13.2 Å². The Hall–Kier alpha value is -2.03. The van der Waals surface area contributed by atoms with E-state index in [9.17, 15) is 22.8 Å². The zero-order chi connectivity index (χ0) is 14.6. The molecule has 1 heterocycles. The Morgan fingerprint density at radius 2 is 2.11 bits per heavy atom. The molecule has 0 aliphatic rings. The molecule has 1 aromatic heterocycles. The smallest absolute Gasteiger partial charge is 0.469 e. The van der Waals surface area contributed by atoms with Crippen LogP contribution in [0.5, 0.6) is 5.75 Å². The van der Waals surface area contributed by atoms with Gasteiger partial charge >= 0.3 is 12.3 Å². The summed E-state index contributed by atoms with van der Waals surface area (Å²) in [5, 5.41) is 0. The van der Waals surface area contributed by atoms with Gasteiger partial charge in [0.05, 0.1) is 13.5 Å². The molecule has 0 saturated carbocycles. The van der Waals surface area contributed by atoms with Crippen LogP contribution in [-0.2, 0) is 22.5 Å². The predicted molar refractivity (Wildman–Crippen MR) is 57.4 cm³/mol.